The van der Waals surface area contributed by atoms with Gasteiger partial charge in [-0.3, -0.25) is 0 Å². The van der Waals surface area contributed by atoms with Crippen LogP contribution >= 0.6 is 11.3 Å². The standard InChI is InChI=1S/C30H30N4S/c1-15(2)29-32-24-13-22-21-9-6-18(12-26(21)35-27(22)14-25(24)33-29)17-5-8-20-19(11-17)7-10-23-28(20)34-30(31-23)16(3)4/h5-6,8-9,11-16,29,32-33H,7,10H2,1-4H3,(H,31,34). The van der Waals surface area contributed by atoms with Crippen LogP contribution in [-0.4, -0.2) is 16.1 Å². The fraction of sp³-hybridized carbons (Fsp3) is 0.300. The first kappa shape index (κ1) is 21.0. The van der Waals surface area contributed by atoms with Gasteiger partial charge >= 0.3 is 0 Å². The number of aromatic nitrogens is 2. The zero-order valence-corrected chi connectivity index (χ0v) is 21.4. The summed E-state index contributed by atoms with van der Waals surface area (Å²) in [5.74, 6) is 2.05. The summed E-state index contributed by atoms with van der Waals surface area (Å²) in [6, 6.07) is 18.5. The zero-order valence-electron chi connectivity index (χ0n) is 20.6. The lowest BCUT2D eigenvalue weighted by Gasteiger charge is -2.16. The third-order valence-electron chi connectivity index (χ3n) is 7.58. The van der Waals surface area contributed by atoms with E-state index in [4.69, 9.17) is 4.98 Å². The highest BCUT2D eigenvalue weighted by molar-refractivity contribution is 7.25. The van der Waals surface area contributed by atoms with Crippen molar-refractivity contribution in [1.82, 2.24) is 9.97 Å². The Morgan fingerprint density at radius 1 is 0.829 bits per heavy atom. The molecule has 2 aromatic heterocycles. The van der Waals surface area contributed by atoms with Crippen molar-refractivity contribution in [3.05, 3.63) is 65.6 Å². The van der Waals surface area contributed by atoms with E-state index in [1.807, 2.05) is 11.3 Å². The van der Waals surface area contributed by atoms with E-state index in [1.54, 1.807) is 0 Å². The predicted molar refractivity (Wildman–Crippen MR) is 150 cm³/mol. The maximum atomic E-state index is 4.86. The molecule has 3 N–H and O–H groups in total. The highest BCUT2D eigenvalue weighted by atomic mass is 32.1. The molecule has 2 aliphatic rings. The number of rotatable bonds is 3. The third kappa shape index (κ3) is 3.29. The third-order valence-corrected chi connectivity index (χ3v) is 8.70. The second-order valence-corrected chi connectivity index (χ2v) is 11.8. The van der Waals surface area contributed by atoms with E-state index in [-0.39, 0.29) is 0 Å². The minimum absolute atomic E-state index is 0.304. The molecule has 0 radical (unpaired) electrons. The Bertz CT molecular complexity index is 1620. The monoisotopic (exact) mass is 478 g/mol. The molecular weight excluding hydrogens is 448 g/mol. The van der Waals surface area contributed by atoms with Crippen LogP contribution in [0, 0.1) is 5.92 Å². The molecule has 5 aromatic rings. The van der Waals surface area contributed by atoms with E-state index >= 15 is 0 Å². The highest BCUT2D eigenvalue weighted by Crippen LogP contribution is 2.43. The number of anilines is 2. The Labute approximate surface area is 209 Å². The van der Waals surface area contributed by atoms with Crippen molar-refractivity contribution in [3.8, 4) is 22.4 Å². The minimum atomic E-state index is 0.304. The van der Waals surface area contributed by atoms with E-state index in [9.17, 15) is 0 Å². The number of thiophene rings is 1. The lowest BCUT2D eigenvalue weighted by atomic mass is 9.89. The van der Waals surface area contributed by atoms with Crippen LogP contribution in [0.5, 0.6) is 0 Å². The van der Waals surface area contributed by atoms with Gasteiger partial charge in [0.25, 0.3) is 0 Å². The second-order valence-electron chi connectivity index (χ2n) is 10.7. The van der Waals surface area contributed by atoms with Crippen LogP contribution in [0.15, 0.2) is 48.5 Å². The number of benzene rings is 3. The molecule has 35 heavy (non-hydrogen) atoms. The summed E-state index contributed by atoms with van der Waals surface area (Å²) in [5, 5.41) is 9.97. The fourth-order valence-electron chi connectivity index (χ4n) is 5.53. The first-order valence-corrected chi connectivity index (χ1v) is 13.5. The van der Waals surface area contributed by atoms with Gasteiger partial charge in [0.15, 0.2) is 0 Å². The van der Waals surface area contributed by atoms with Gasteiger partial charge in [0, 0.05) is 31.7 Å². The highest BCUT2D eigenvalue weighted by Gasteiger charge is 2.24. The van der Waals surface area contributed by atoms with Gasteiger partial charge in [0.05, 0.1) is 28.9 Å². The normalized spacial score (nSPS) is 16.5. The van der Waals surface area contributed by atoms with Crippen molar-refractivity contribution in [1.29, 1.82) is 0 Å². The van der Waals surface area contributed by atoms with Crippen molar-refractivity contribution < 1.29 is 0 Å². The van der Waals surface area contributed by atoms with Gasteiger partial charge in [-0.15, -0.1) is 11.3 Å². The summed E-state index contributed by atoms with van der Waals surface area (Å²) in [5.41, 5.74) is 10.2. The smallest absolute Gasteiger partial charge is 0.109 e. The topological polar surface area (TPSA) is 52.7 Å². The van der Waals surface area contributed by atoms with Gasteiger partial charge < -0.3 is 15.6 Å². The number of imidazole rings is 1. The van der Waals surface area contributed by atoms with Gasteiger partial charge in [-0.2, -0.15) is 0 Å². The van der Waals surface area contributed by atoms with Crippen molar-refractivity contribution in [3.63, 3.8) is 0 Å². The molecule has 0 bridgehead atoms. The molecule has 0 fully saturated rings. The summed E-state index contributed by atoms with van der Waals surface area (Å²) >= 11 is 1.89. The van der Waals surface area contributed by atoms with Crippen LogP contribution in [0.3, 0.4) is 0 Å². The summed E-state index contributed by atoms with van der Waals surface area (Å²) in [6.45, 7) is 8.88. The summed E-state index contributed by atoms with van der Waals surface area (Å²) in [6.07, 6.45) is 2.36. The largest absolute Gasteiger partial charge is 0.363 e. The molecular formula is C30H30N4S. The Hall–Kier alpha value is -3.31. The van der Waals surface area contributed by atoms with Crippen LogP contribution in [0.2, 0.25) is 0 Å². The number of aromatic amines is 1. The number of H-pyrrole nitrogens is 1. The maximum Gasteiger partial charge on any atom is 0.109 e. The second kappa shape index (κ2) is 7.59. The lowest BCUT2D eigenvalue weighted by Crippen LogP contribution is -2.27. The molecule has 4 nitrogen and oxygen atoms in total. The van der Waals surface area contributed by atoms with Crippen LogP contribution in [0.4, 0.5) is 11.4 Å². The molecule has 1 atom stereocenters. The molecule has 3 heterocycles. The fourth-order valence-corrected chi connectivity index (χ4v) is 6.70. The lowest BCUT2D eigenvalue weighted by molar-refractivity contribution is 0.581. The Morgan fingerprint density at radius 3 is 2.37 bits per heavy atom. The van der Waals surface area contributed by atoms with Crippen LogP contribution in [-0.2, 0) is 12.8 Å². The summed E-state index contributed by atoms with van der Waals surface area (Å²) in [4.78, 5) is 8.45. The molecule has 3 aromatic carbocycles. The van der Waals surface area contributed by atoms with E-state index in [2.05, 4.69) is 91.8 Å². The number of nitrogens with zero attached hydrogens (tertiary/aromatic N) is 1. The zero-order chi connectivity index (χ0) is 23.8. The van der Waals surface area contributed by atoms with Gasteiger partial charge in [0.2, 0.25) is 0 Å². The van der Waals surface area contributed by atoms with E-state index in [1.165, 1.54) is 65.2 Å². The Balaban J connectivity index is 1.26. The number of fused-ring (bicyclic) bond motifs is 7. The number of aryl methyl sites for hydroxylation is 2. The Morgan fingerprint density at radius 2 is 1.57 bits per heavy atom. The van der Waals surface area contributed by atoms with Crippen molar-refractivity contribution in [2.75, 3.05) is 10.6 Å². The summed E-state index contributed by atoms with van der Waals surface area (Å²) in [7, 11) is 0. The quantitative estimate of drug-likeness (QED) is 0.245. The first-order valence-electron chi connectivity index (χ1n) is 12.7. The molecule has 1 aliphatic carbocycles. The van der Waals surface area contributed by atoms with E-state index in [0.29, 0.717) is 18.0 Å². The maximum absolute atomic E-state index is 4.86. The van der Waals surface area contributed by atoms with Crippen LogP contribution < -0.4 is 10.6 Å². The van der Waals surface area contributed by atoms with Crippen LogP contribution in [0.25, 0.3) is 42.6 Å². The number of hydrogen-bond donors (Lipinski definition) is 3. The van der Waals surface area contributed by atoms with Gasteiger partial charge in [-0.05, 0) is 53.6 Å². The predicted octanol–water partition coefficient (Wildman–Crippen LogP) is 8.15. The average Bonchev–Trinajstić information content (AvgIpc) is 3.56. The average molecular weight is 479 g/mol. The molecule has 0 spiro atoms. The molecule has 1 unspecified atom stereocenters. The Kier molecular flexibility index (Phi) is 4.56. The first-order chi connectivity index (χ1) is 16.9. The summed E-state index contributed by atoms with van der Waals surface area (Å²) < 4.78 is 2.68. The van der Waals surface area contributed by atoms with Gasteiger partial charge in [-0.25, -0.2) is 4.98 Å². The van der Waals surface area contributed by atoms with Gasteiger partial charge in [0.1, 0.15) is 5.82 Å². The SMILES string of the molecule is CC(C)c1nc2c([nH]1)-c1ccc(-c3ccc4c(c3)sc3cc5c(cc34)NC(C(C)C)N5)cc1CC2. The minimum Gasteiger partial charge on any atom is -0.363 e. The van der Waals surface area contributed by atoms with Gasteiger partial charge in [-0.1, -0.05) is 58.0 Å². The molecule has 5 heteroatoms. The number of nitrogens with one attached hydrogen (secondary N) is 3. The van der Waals surface area contributed by atoms with Crippen molar-refractivity contribution in [2.45, 2.75) is 52.6 Å². The molecule has 1 aliphatic heterocycles. The molecule has 7 rings (SSSR count). The van der Waals surface area contributed by atoms with Crippen molar-refractivity contribution >= 4 is 42.9 Å². The van der Waals surface area contributed by atoms with E-state index in [0.717, 1.165) is 18.7 Å². The molecule has 0 amide bonds. The molecule has 0 saturated heterocycles. The van der Waals surface area contributed by atoms with Crippen molar-refractivity contribution in [2.24, 2.45) is 5.92 Å². The van der Waals surface area contributed by atoms with E-state index < -0.39 is 0 Å². The molecule has 0 saturated carbocycles. The number of hydrogen-bond acceptors (Lipinski definition) is 4. The molecule has 176 valence electrons. The van der Waals surface area contributed by atoms with Crippen LogP contribution in [0.1, 0.15) is 50.7 Å².